The van der Waals surface area contributed by atoms with Crippen LogP contribution in [-0.4, -0.2) is 21.5 Å². The van der Waals surface area contributed by atoms with E-state index in [4.69, 9.17) is 0 Å². The van der Waals surface area contributed by atoms with Crippen molar-refractivity contribution in [3.8, 4) is 0 Å². The molecular weight excluding hydrogens is 152 g/mol. The zero-order chi connectivity index (χ0) is 8.77. The van der Waals surface area contributed by atoms with E-state index in [0.29, 0.717) is 0 Å². The van der Waals surface area contributed by atoms with Gasteiger partial charge >= 0.3 is 0 Å². The van der Waals surface area contributed by atoms with Gasteiger partial charge in [0.1, 0.15) is 0 Å². The molecule has 1 heterocycles. The van der Waals surface area contributed by atoms with Gasteiger partial charge in [0.05, 0.1) is 12.3 Å². The summed E-state index contributed by atoms with van der Waals surface area (Å²) in [6.07, 6.45) is 4.24. The van der Waals surface area contributed by atoms with Crippen molar-refractivity contribution in [2.75, 3.05) is 6.61 Å². The van der Waals surface area contributed by atoms with Gasteiger partial charge < -0.3 is 5.11 Å². The number of nitrogens with zero attached hydrogens (tertiary/aromatic N) is 2. The number of aliphatic hydroxyl groups is 1. The first-order chi connectivity index (χ1) is 5.68. The highest BCUT2D eigenvalue weighted by molar-refractivity contribution is 5.32. The number of aliphatic hydroxyl groups excluding tert-OH is 1. The van der Waals surface area contributed by atoms with Crippen molar-refractivity contribution in [3.05, 3.63) is 17.5 Å². The van der Waals surface area contributed by atoms with Crippen molar-refractivity contribution in [2.24, 2.45) is 7.05 Å². The summed E-state index contributed by atoms with van der Waals surface area (Å²) in [5.74, 6) is 0. The molecule has 1 fully saturated rings. The van der Waals surface area contributed by atoms with Crippen LogP contribution in [0, 0.1) is 6.92 Å². The molecule has 1 aliphatic carbocycles. The molecule has 2 rings (SSSR count). The Labute approximate surface area is 72.0 Å². The number of aryl methyl sites for hydroxylation is 2. The maximum absolute atomic E-state index is 9.21. The van der Waals surface area contributed by atoms with Crippen molar-refractivity contribution in [1.29, 1.82) is 0 Å². The van der Waals surface area contributed by atoms with Crippen molar-refractivity contribution in [1.82, 2.24) is 9.78 Å². The van der Waals surface area contributed by atoms with Crippen LogP contribution >= 0.6 is 0 Å². The number of aromatic nitrogens is 2. The lowest BCUT2D eigenvalue weighted by Crippen LogP contribution is -2.12. The Hall–Kier alpha value is -0.830. The Morgan fingerprint density at radius 3 is 2.67 bits per heavy atom. The fraction of sp³-hybridized carbons (Fsp3) is 0.667. The zero-order valence-corrected chi connectivity index (χ0v) is 7.54. The Morgan fingerprint density at radius 1 is 1.67 bits per heavy atom. The first kappa shape index (κ1) is 7.80. The highest BCUT2D eigenvalue weighted by Crippen LogP contribution is 2.48. The molecule has 0 unspecified atom stereocenters. The summed E-state index contributed by atoms with van der Waals surface area (Å²) in [6.45, 7) is 2.27. The summed E-state index contributed by atoms with van der Waals surface area (Å²) in [5, 5.41) is 13.5. The molecular formula is C9H14N2O. The van der Waals surface area contributed by atoms with E-state index in [-0.39, 0.29) is 12.0 Å². The van der Waals surface area contributed by atoms with Gasteiger partial charge in [-0.15, -0.1) is 0 Å². The molecule has 1 aromatic heterocycles. The minimum absolute atomic E-state index is 0.0678. The summed E-state index contributed by atoms with van der Waals surface area (Å²) in [6, 6.07) is 0. The lowest BCUT2D eigenvalue weighted by Gasteiger charge is -2.08. The third-order valence-corrected chi connectivity index (χ3v) is 2.74. The lowest BCUT2D eigenvalue weighted by atomic mass is 9.98. The molecule has 0 bridgehead atoms. The van der Waals surface area contributed by atoms with Gasteiger partial charge in [0, 0.05) is 24.2 Å². The SMILES string of the molecule is Cc1nn(C)cc1C1(CO)CC1. The normalized spacial score (nSPS) is 19.6. The third kappa shape index (κ3) is 0.966. The van der Waals surface area contributed by atoms with Crippen LogP contribution in [0.25, 0.3) is 0 Å². The summed E-state index contributed by atoms with van der Waals surface area (Å²) in [5.41, 5.74) is 2.36. The molecule has 0 radical (unpaired) electrons. The molecule has 12 heavy (non-hydrogen) atoms. The van der Waals surface area contributed by atoms with Gasteiger partial charge in [-0.2, -0.15) is 5.10 Å². The average Bonchev–Trinajstić information content (AvgIpc) is 2.74. The van der Waals surface area contributed by atoms with E-state index in [1.54, 1.807) is 0 Å². The zero-order valence-electron chi connectivity index (χ0n) is 7.54. The first-order valence-electron chi connectivity index (χ1n) is 4.29. The van der Waals surface area contributed by atoms with E-state index >= 15 is 0 Å². The summed E-state index contributed by atoms with van der Waals surface area (Å²) >= 11 is 0. The smallest absolute Gasteiger partial charge is 0.0632 e. The topological polar surface area (TPSA) is 38.0 Å². The minimum Gasteiger partial charge on any atom is -0.395 e. The number of hydrogen-bond acceptors (Lipinski definition) is 2. The molecule has 1 N–H and O–H groups in total. The maximum atomic E-state index is 9.21. The van der Waals surface area contributed by atoms with Crippen LogP contribution in [-0.2, 0) is 12.5 Å². The predicted octanol–water partition coefficient (Wildman–Crippen LogP) is 0.752. The van der Waals surface area contributed by atoms with Crippen LogP contribution in [0.15, 0.2) is 6.20 Å². The van der Waals surface area contributed by atoms with Crippen LogP contribution in [0.1, 0.15) is 24.1 Å². The predicted molar refractivity (Wildman–Crippen MR) is 45.9 cm³/mol. The molecule has 66 valence electrons. The van der Waals surface area contributed by atoms with Crippen LogP contribution < -0.4 is 0 Å². The van der Waals surface area contributed by atoms with Crippen LogP contribution in [0.4, 0.5) is 0 Å². The van der Waals surface area contributed by atoms with E-state index < -0.39 is 0 Å². The van der Waals surface area contributed by atoms with Crippen molar-refractivity contribution in [2.45, 2.75) is 25.2 Å². The van der Waals surface area contributed by atoms with Gasteiger partial charge in [0.15, 0.2) is 0 Å². The lowest BCUT2D eigenvalue weighted by molar-refractivity contribution is 0.254. The minimum atomic E-state index is 0.0678. The highest BCUT2D eigenvalue weighted by Gasteiger charge is 2.45. The number of hydrogen-bond donors (Lipinski definition) is 1. The van der Waals surface area contributed by atoms with Crippen molar-refractivity contribution < 1.29 is 5.11 Å². The van der Waals surface area contributed by atoms with E-state index in [1.807, 2.05) is 24.9 Å². The second kappa shape index (κ2) is 2.33. The fourth-order valence-corrected chi connectivity index (χ4v) is 1.78. The second-order valence-electron chi connectivity index (χ2n) is 3.74. The summed E-state index contributed by atoms with van der Waals surface area (Å²) in [4.78, 5) is 0. The quantitative estimate of drug-likeness (QED) is 0.704. The van der Waals surface area contributed by atoms with E-state index in [0.717, 1.165) is 18.5 Å². The first-order valence-corrected chi connectivity index (χ1v) is 4.29. The van der Waals surface area contributed by atoms with Gasteiger partial charge in [0.25, 0.3) is 0 Å². The molecule has 0 aromatic carbocycles. The van der Waals surface area contributed by atoms with Gasteiger partial charge in [-0.3, -0.25) is 4.68 Å². The molecule has 0 amide bonds. The molecule has 0 saturated heterocycles. The standard InChI is InChI=1S/C9H14N2O/c1-7-8(5-11(2)10-7)9(6-12)3-4-9/h5,12H,3-4,6H2,1-2H3. The van der Waals surface area contributed by atoms with Gasteiger partial charge in [-0.1, -0.05) is 0 Å². The van der Waals surface area contributed by atoms with Crippen LogP contribution in [0.2, 0.25) is 0 Å². The highest BCUT2D eigenvalue weighted by atomic mass is 16.3. The van der Waals surface area contributed by atoms with Crippen LogP contribution in [0.3, 0.4) is 0 Å². The Kier molecular flexibility index (Phi) is 1.51. The fourth-order valence-electron chi connectivity index (χ4n) is 1.78. The van der Waals surface area contributed by atoms with E-state index in [1.165, 1.54) is 5.56 Å². The monoisotopic (exact) mass is 166 g/mol. The Bertz CT molecular complexity index is 299. The second-order valence-corrected chi connectivity index (χ2v) is 3.74. The molecule has 3 nitrogen and oxygen atoms in total. The van der Waals surface area contributed by atoms with Crippen LogP contribution in [0.5, 0.6) is 0 Å². The largest absolute Gasteiger partial charge is 0.395 e. The third-order valence-electron chi connectivity index (χ3n) is 2.74. The van der Waals surface area contributed by atoms with Crippen molar-refractivity contribution >= 4 is 0 Å². The Balaban J connectivity index is 2.39. The van der Waals surface area contributed by atoms with E-state index in [2.05, 4.69) is 5.10 Å². The summed E-state index contributed by atoms with van der Waals surface area (Å²) < 4.78 is 1.82. The molecule has 0 aliphatic heterocycles. The molecule has 1 saturated carbocycles. The molecule has 0 atom stereocenters. The van der Waals surface area contributed by atoms with Crippen molar-refractivity contribution in [3.63, 3.8) is 0 Å². The average molecular weight is 166 g/mol. The van der Waals surface area contributed by atoms with Gasteiger partial charge in [0.2, 0.25) is 0 Å². The van der Waals surface area contributed by atoms with E-state index in [9.17, 15) is 5.11 Å². The molecule has 1 aliphatic rings. The molecule has 1 aromatic rings. The van der Waals surface area contributed by atoms with Gasteiger partial charge in [-0.25, -0.2) is 0 Å². The molecule has 0 spiro atoms. The summed E-state index contributed by atoms with van der Waals surface area (Å²) in [7, 11) is 1.92. The molecule has 3 heteroatoms. The Morgan fingerprint density at radius 2 is 2.33 bits per heavy atom. The van der Waals surface area contributed by atoms with Gasteiger partial charge in [-0.05, 0) is 19.8 Å². The number of rotatable bonds is 2. The maximum Gasteiger partial charge on any atom is 0.0632 e.